The Morgan fingerprint density at radius 2 is 1.96 bits per heavy atom. The van der Waals surface area contributed by atoms with Crippen LogP contribution in [0, 0.1) is 0 Å². The number of hydrogen-bond acceptors (Lipinski definition) is 6. The summed E-state index contributed by atoms with van der Waals surface area (Å²) in [6, 6.07) is 5.79. The predicted molar refractivity (Wildman–Crippen MR) is 112 cm³/mol. The van der Waals surface area contributed by atoms with Gasteiger partial charge in [0.15, 0.2) is 0 Å². The minimum Gasteiger partial charge on any atom is -0.354 e. The van der Waals surface area contributed by atoms with E-state index in [-0.39, 0.29) is 18.2 Å². The van der Waals surface area contributed by atoms with Gasteiger partial charge >= 0.3 is 0 Å². The highest BCUT2D eigenvalue weighted by molar-refractivity contribution is 7.08. The van der Waals surface area contributed by atoms with E-state index in [2.05, 4.69) is 32.3 Å². The van der Waals surface area contributed by atoms with Crippen LogP contribution in [0.2, 0.25) is 0 Å². The zero-order valence-corrected chi connectivity index (χ0v) is 17.0. The molecule has 1 fully saturated rings. The summed E-state index contributed by atoms with van der Waals surface area (Å²) in [5, 5.41) is 9.26. The third-order valence-corrected chi connectivity index (χ3v) is 5.55. The first-order valence-electron chi connectivity index (χ1n) is 9.65. The van der Waals surface area contributed by atoms with Gasteiger partial charge in [-0.25, -0.2) is 4.98 Å². The molecule has 0 bridgehead atoms. The summed E-state index contributed by atoms with van der Waals surface area (Å²) < 4.78 is 0. The topological polar surface area (TPSA) is 77.6 Å². The summed E-state index contributed by atoms with van der Waals surface area (Å²) in [4.78, 5) is 33.1. The zero-order chi connectivity index (χ0) is 19.8. The number of aromatic nitrogens is 1. The Labute approximate surface area is 169 Å². The van der Waals surface area contributed by atoms with Crippen LogP contribution in [-0.4, -0.2) is 61.0 Å². The number of likely N-dealkylation sites (N-methyl/N-ethyl adjacent to an activating group) is 1. The van der Waals surface area contributed by atoms with Crippen LogP contribution in [0.25, 0.3) is 0 Å². The van der Waals surface area contributed by atoms with Crippen LogP contribution in [-0.2, 0) is 11.3 Å². The lowest BCUT2D eigenvalue weighted by Crippen LogP contribution is -2.46. The molecule has 2 N–H and O–H groups in total. The summed E-state index contributed by atoms with van der Waals surface area (Å²) in [6.07, 6.45) is 2.07. The number of nitrogens with one attached hydrogen (secondary N) is 2. The lowest BCUT2D eigenvalue weighted by atomic mass is 10.2. The quantitative estimate of drug-likeness (QED) is 0.704. The van der Waals surface area contributed by atoms with E-state index in [1.54, 1.807) is 11.4 Å². The van der Waals surface area contributed by atoms with Gasteiger partial charge < -0.3 is 20.4 Å². The van der Waals surface area contributed by atoms with Gasteiger partial charge in [0, 0.05) is 62.8 Å². The molecule has 28 heavy (non-hydrogen) atoms. The molecule has 0 aromatic carbocycles. The molecule has 1 aliphatic heterocycles. The first-order chi connectivity index (χ1) is 13.7. The Hall–Kier alpha value is -2.45. The van der Waals surface area contributed by atoms with Gasteiger partial charge in [-0.1, -0.05) is 13.0 Å². The number of nitrogens with zero attached hydrogens (tertiary/aromatic N) is 3. The molecule has 0 saturated carbocycles. The van der Waals surface area contributed by atoms with E-state index >= 15 is 0 Å². The molecule has 1 saturated heterocycles. The fourth-order valence-corrected chi connectivity index (χ4v) is 3.71. The monoisotopic (exact) mass is 401 g/mol. The molecule has 0 radical (unpaired) electrons. The number of carbonyl (C=O) groups is 2. The molecule has 0 spiro atoms. The highest BCUT2D eigenvalue weighted by Gasteiger charge is 2.16. The summed E-state index contributed by atoms with van der Waals surface area (Å²) in [5.74, 6) is 0.751. The number of thiophene rings is 1. The number of carbonyl (C=O) groups excluding carboxylic acids is 2. The van der Waals surface area contributed by atoms with E-state index in [1.165, 1.54) is 11.3 Å². The molecular weight excluding hydrogens is 374 g/mol. The number of amides is 2. The average molecular weight is 402 g/mol. The molecule has 2 aromatic rings. The number of hydrogen-bond donors (Lipinski definition) is 2. The van der Waals surface area contributed by atoms with E-state index in [0.29, 0.717) is 18.7 Å². The van der Waals surface area contributed by atoms with Crippen molar-refractivity contribution in [1.29, 1.82) is 0 Å². The summed E-state index contributed by atoms with van der Waals surface area (Å²) in [5.41, 5.74) is 1.60. The molecule has 0 atom stereocenters. The van der Waals surface area contributed by atoms with Crippen molar-refractivity contribution >= 4 is 29.0 Å². The Morgan fingerprint density at radius 3 is 2.61 bits per heavy atom. The minimum absolute atomic E-state index is 0.0922. The van der Waals surface area contributed by atoms with Crippen molar-refractivity contribution in [3.8, 4) is 0 Å². The van der Waals surface area contributed by atoms with Crippen molar-refractivity contribution < 1.29 is 9.59 Å². The van der Waals surface area contributed by atoms with Crippen molar-refractivity contribution in [2.45, 2.75) is 19.9 Å². The highest BCUT2D eigenvalue weighted by atomic mass is 32.1. The number of rotatable bonds is 8. The normalized spacial score (nSPS) is 14.7. The molecule has 0 aliphatic carbocycles. The van der Waals surface area contributed by atoms with Crippen LogP contribution in [0.15, 0.2) is 35.2 Å². The van der Waals surface area contributed by atoms with Gasteiger partial charge in [0.25, 0.3) is 5.91 Å². The highest BCUT2D eigenvalue weighted by Crippen LogP contribution is 2.14. The van der Waals surface area contributed by atoms with Gasteiger partial charge in [-0.05, 0) is 29.6 Å². The summed E-state index contributed by atoms with van der Waals surface area (Å²) in [6.45, 7) is 8.17. The number of pyridine rings is 1. The predicted octanol–water partition coefficient (Wildman–Crippen LogP) is 1.72. The number of piperazine rings is 1. The second-order valence-corrected chi connectivity index (χ2v) is 7.52. The summed E-state index contributed by atoms with van der Waals surface area (Å²) >= 11 is 1.47. The van der Waals surface area contributed by atoms with Crippen molar-refractivity contribution in [2.75, 3.05) is 44.2 Å². The SMILES string of the molecule is CCN1CCN(c2ccc(CNC(=O)CCNC(=O)c3ccsc3)cn2)CC1. The molecular formula is C20H27N5O2S. The molecule has 2 aromatic heterocycles. The van der Waals surface area contributed by atoms with Crippen LogP contribution in [0.1, 0.15) is 29.3 Å². The molecule has 3 rings (SSSR count). The Morgan fingerprint density at radius 1 is 1.14 bits per heavy atom. The van der Waals surface area contributed by atoms with E-state index in [9.17, 15) is 9.59 Å². The zero-order valence-electron chi connectivity index (χ0n) is 16.2. The van der Waals surface area contributed by atoms with Crippen LogP contribution in [0.4, 0.5) is 5.82 Å². The van der Waals surface area contributed by atoms with Crippen molar-refractivity contribution in [1.82, 2.24) is 20.5 Å². The van der Waals surface area contributed by atoms with Crippen molar-refractivity contribution in [2.24, 2.45) is 0 Å². The Kier molecular flexibility index (Phi) is 7.39. The first-order valence-corrected chi connectivity index (χ1v) is 10.6. The fourth-order valence-electron chi connectivity index (χ4n) is 3.08. The third kappa shape index (κ3) is 5.77. The fraction of sp³-hybridized carbons (Fsp3) is 0.450. The van der Waals surface area contributed by atoms with Crippen molar-refractivity contribution in [3.05, 3.63) is 46.3 Å². The van der Waals surface area contributed by atoms with Gasteiger partial charge in [-0.3, -0.25) is 9.59 Å². The molecule has 8 heteroatoms. The van der Waals surface area contributed by atoms with Crippen LogP contribution >= 0.6 is 11.3 Å². The minimum atomic E-state index is -0.145. The molecule has 0 unspecified atom stereocenters. The molecule has 7 nitrogen and oxygen atoms in total. The maximum absolute atomic E-state index is 12.0. The maximum atomic E-state index is 12.0. The van der Waals surface area contributed by atoms with Gasteiger partial charge in [0.05, 0.1) is 0 Å². The molecule has 150 valence electrons. The van der Waals surface area contributed by atoms with Crippen LogP contribution in [0.3, 0.4) is 0 Å². The van der Waals surface area contributed by atoms with E-state index in [1.807, 2.05) is 23.7 Å². The second-order valence-electron chi connectivity index (χ2n) is 6.74. The van der Waals surface area contributed by atoms with E-state index in [4.69, 9.17) is 0 Å². The van der Waals surface area contributed by atoms with Gasteiger partial charge in [0.1, 0.15) is 5.82 Å². The Balaban J connectivity index is 1.36. The molecule has 2 amide bonds. The molecule has 1 aliphatic rings. The lowest BCUT2D eigenvalue weighted by molar-refractivity contribution is -0.121. The largest absolute Gasteiger partial charge is 0.354 e. The van der Waals surface area contributed by atoms with Gasteiger partial charge in [-0.15, -0.1) is 0 Å². The Bertz CT molecular complexity index is 755. The van der Waals surface area contributed by atoms with Gasteiger partial charge in [0.2, 0.25) is 5.91 Å². The molecule has 3 heterocycles. The van der Waals surface area contributed by atoms with Crippen LogP contribution in [0.5, 0.6) is 0 Å². The standard InChI is InChI=1S/C20H27N5O2S/c1-2-24-8-10-25(11-9-24)18-4-3-16(13-22-18)14-23-19(26)5-7-21-20(27)17-6-12-28-15-17/h3-4,6,12-13,15H,2,5,7-11,14H2,1H3,(H,21,27)(H,23,26). The smallest absolute Gasteiger partial charge is 0.252 e. The maximum Gasteiger partial charge on any atom is 0.252 e. The van der Waals surface area contributed by atoms with E-state index < -0.39 is 0 Å². The van der Waals surface area contributed by atoms with Crippen LogP contribution < -0.4 is 15.5 Å². The van der Waals surface area contributed by atoms with Gasteiger partial charge in [-0.2, -0.15) is 11.3 Å². The van der Waals surface area contributed by atoms with Crippen molar-refractivity contribution in [3.63, 3.8) is 0 Å². The third-order valence-electron chi connectivity index (χ3n) is 4.86. The number of anilines is 1. The second kappa shape index (κ2) is 10.2. The lowest BCUT2D eigenvalue weighted by Gasteiger charge is -2.34. The first kappa shape index (κ1) is 20.3. The average Bonchev–Trinajstić information content (AvgIpc) is 3.28. The van der Waals surface area contributed by atoms with E-state index in [0.717, 1.165) is 44.1 Å². The summed E-state index contributed by atoms with van der Waals surface area (Å²) in [7, 11) is 0.